The number of amides is 2. The molecule has 0 radical (unpaired) electrons. The summed E-state index contributed by atoms with van der Waals surface area (Å²) in [6.07, 6.45) is 19.8. The van der Waals surface area contributed by atoms with Gasteiger partial charge in [-0.2, -0.15) is 0 Å². The molecule has 1 rings (SSSR count). The number of hydrogen-bond donors (Lipinski definition) is 2. The maximum Gasteiger partial charge on any atom is 0.312 e. The molecule has 0 aromatic rings. The molecule has 130 valence electrons. The van der Waals surface area contributed by atoms with Crippen LogP contribution in [0.3, 0.4) is 0 Å². The highest BCUT2D eigenvalue weighted by atomic mass is 16.2. The van der Waals surface area contributed by atoms with E-state index < -0.39 is 0 Å². The number of nitrogens with two attached hydrogens (primary N) is 1. The van der Waals surface area contributed by atoms with Gasteiger partial charge in [-0.1, -0.05) is 84.0 Å². The third kappa shape index (κ3) is 10.1. The Morgan fingerprint density at radius 1 is 1.00 bits per heavy atom. The van der Waals surface area contributed by atoms with Gasteiger partial charge < -0.3 is 11.1 Å². The Kier molecular flexibility index (Phi) is 11.2. The van der Waals surface area contributed by atoms with Crippen LogP contribution in [0.2, 0.25) is 0 Å². The van der Waals surface area contributed by atoms with Crippen molar-refractivity contribution >= 4 is 6.03 Å². The van der Waals surface area contributed by atoms with Crippen molar-refractivity contribution in [3.8, 4) is 0 Å². The summed E-state index contributed by atoms with van der Waals surface area (Å²) in [6.45, 7) is 2.26. The molecule has 0 spiro atoms. The van der Waals surface area contributed by atoms with E-state index in [1.54, 1.807) is 0 Å². The first-order chi connectivity index (χ1) is 10.7. The third-order valence-corrected chi connectivity index (χ3v) is 5.15. The van der Waals surface area contributed by atoms with Crippen molar-refractivity contribution < 1.29 is 4.79 Å². The van der Waals surface area contributed by atoms with Gasteiger partial charge in [0.1, 0.15) is 0 Å². The van der Waals surface area contributed by atoms with Gasteiger partial charge in [-0.3, -0.25) is 0 Å². The van der Waals surface area contributed by atoms with E-state index in [2.05, 4.69) is 12.2 Å². The molecule has 3 heteroatoms. The van der Waals surface area contributed by atoms with Gasteiger partial charge in [0.2, 0.25) is 0 Å². The van der Waals surface area contributed by atoms with Gasteiger partial charge in [-0.25, -0.2) is 4.79 Å². The fraction of sp³-hybridized carbons (Fsp3) is 0.947. The summed E-state index contributed by atoms with van der Waals surface area (Å²) < 4.78 is 0. The molecule has 2 amide bonds. The standard InChI is InChI=1S/C19H38N2O/c1-2-3-4-5-6-7-11-14-18(21-19(20)22)16-15-17-12-9-8-10-13-17/h17-18H,2-16H2,1H3,(H3,20,21,22). The molecule has 0 aromatic carbocycles. The Labute approximate surface area is 137 Å². The van der Waals surface area contributed by atoms with Crippen molar-refractivity contribution in [2.75, 3.05) is 0 Å². The van der Waals surface area contributed by atoms with Gasteiger partial charge in [0.05, 0.1) is 0 Å². The second-order valence-electron chi connectivity index (χ2n) is 7.20. The Morgan fingerprint density at radius 2 is 1.64 bits per heavy atom. The lowest BCUT2D eigenvalue weighted by molar-refractivity contribution is 0.240. The highest BCUT2D eigenvalue weighted by Crippen LogP contribution is 2.28. The fourth-order valence-electron chi connectivity index (χ4n) is 3.75. The summed E-state index contributed by atoms with van der Waals surface area (Å²) >= 11 is 0. The van der Waals surface area contributed by atoms with E-state index in [4.69, 9.17) is 5.73 Å². The van der Waals surface area contributed by atoms with Crippen molar-refractivity contribution in [3.63, 3.8) is 0 Å². The van der Waals surface area contributed by atoms with Crippen LogP contribution in [0.5, 0.6) is 0 Å². The number of rotatable bonds is 12. The largest absolute Gasteiger partial charge is 0.352 e. The molecule has 0 bridgehead atoms. The first-order valence-corrected chi connectivity index (χ1v) is 9.78. The lowest BCUT2D eigenvalue weighted by Crippen LogP contribution is -2.38. The Morgan fingerprint density at radius 3 is 2.27 bits per heavy atom. The summed E-state index contributed by atoms with van der Waals surface area (Å²) in [4.78, 5) is 11.2. The summed E-state index contributed by atoms with van der Waals surface area (Å²) in [5.41, 5.74) is 5.34. The van der Waals surface area contributed by atoms with Gasteiger partial charge in [-0.05, 0) is 25.2 Å². The van der Waals surface area contributed by atoms with E-state index in [-0.39, 0.29) is 6.03 Å². The lowest BCUT2D eigenvalue weighted by Gasteiger charge is -2.24. The van der Waals surface area contributed by atoms with Crippen LogP contribution < -0.4 is 11.1 Å². The number of carbonyl (C=O) groups excluding carboxylic acids is 1. The van der Waals surface area contributed by atoms with Crippen LogP contribution in [0.4, 0.5) is 4.79 Å². The normalized spacial score (nSPS) is 17.3. The molecule has 0 heterocycles. The Bertz CT molecular complexity index is 275. The topological polar surface area (TPSA) is 55.1 Å². The maximum absolute atomic E-state index is 11.2. The van der Waals surface area contributed by atoms with Crippen molar-refractivity contribution in [1.29, 1.82) is 0 Å². The van der Waals surface area contributed by atoms with Gasteiger partial charge in [0, 0.05) is 6.04 Å². The molecule has 0 saturated heterocycles. The van der Waals surface area contributed by atoms with Crippen LogP contribution in [-0.4, -0.2) is 12.1 Å². The molecule has 1 unspecified atom stereocenters. The molecular weight excluding hydrogens is 272 g/mol. The number of primary amides is 1. The number of carbonyl (C=O) groups is 1. The lowest BCUT2D eigenvalue weighted by atomic mass is 9.84. The van der Waals surface area contributed by atoms with Gasteiger partial charge >= 0.3 is 6.03 Å². The zero-order valence-electron chi connectivity index (χ0n) is 14.7. The maximum atomic E-state index is 11.2. The molecule has 22 heavy (non-hydrogen) atoms. The molecule has 1 atom stereocenters. The van der Waals surface area contributed by atoms with Crippen LogP contribution in [0.1, 0.15) is 103 Å². The Balaban J connectivity index is 2.12. The summed E-state index contributed by atoms with van der Waals surface area (Å²) in [5, 5.41) is 2.97. The molecule has 3 N–H and O–H groups in total. The molecule has 1 aliphatic rings. The molecular formula is C19H38N2O. The van der Waals surface area contributed by atoms with E-state index in [1.807, 2.05) is 0 Å². The highest BCUT2D eigenvalue weighted by molar-refractivity contribution is 5.71. The van der Waals surface area contributed by atoms with Crippen LogP contribution in [0.25, 0.3) is 0 Å². The summed E-state index contributed by atoms with van der Waals surface area (Å²) in [7, 11) is 0. The van der Waals surface area contributed by atoms with Crippen LogP contribution >= 0.6 is 0 Å². The summed E-state index contributed by atoms with van der Waals surface area (Å²) in [5.74, 6) is 0.889. The summed E-state index contributed by atoms with van der Waals surface area (Å²) in [6, 6.07) is -0.0494. The van der Waals surface area contributed by atoms with Gasteiger partial charge in [0.15, 0.2) is 0 Å². The monoisotopic (exact) mass is 310 g/mol. The van der Waals surface area contributed by atoms with Crippen molar-refractivity contribution in [2.24, 2.45) is 11.7 Å². The number of urea groups is 1. The highest BCUT2D eigenvalue weighted by Gasteiger charge is 2.16. The average Bonchev–Trinajstić information content (AvgIpc) is 2.52. The first kappa shape index (κ1) is 19.3. The van der Waals surface area contributed by atoms with Crippen LogP contribution in [-0.2, 0) is 0 Å². The SMILES string of the molecule is CCCCCCCCCC(CCC1CCCCC1)NC(N)=O. The molecule has 1 fully saturated rings. The molecule has 3 nitrogen and oxygen atoms in total. The van der Waals surface area contributed by atoms with E-state index in [9.17, 15) is 4.79 Å². The van der Waals surface area contributed by atoms with Gasteiger partial charge in [-0.15, -0.1) is 0 Å². The first-order valence-electron chi connectivity index (χ1n) is 9.78. The number of hydrogen-bond acceptors (Lipinski definition) is 1. The van der Waals surface area contributed by atoms with Crippen LogP contribution in [0, 0.1) is 5.92 Å². The number of unbranched alkanes of at least 4 members (excludes halogenated alkanes) is 6. The second kappa shape index (κ2) is 12.8. The zero-order valence-corrected chi connectivity index (χ0v) is 14.7. The average molecular weight is 311 g/mol. The third-order valence-electron chi connectivity index (χ3n) is 5.15. The molecule has 1 saturated carbocycles. The van der Waals surface area contributed by atoms with E-state index >= 15 is 0 Å². The predicted octanol–water partition coefficient (Wildman–Crippen LogP) is 5.52. The second-order valence-corrected chi connectivity index (χ2v) is 7.20. The van der Waals surface area contributed by atoms with Crippen molar-refractivity contribution in [2.45, 2.75) is 109 Å². The van der Waals surface area contributed by atoms with Crippen molar-refractivity contribution in [3.05, 3.63) is 0 Å². The van der Waals surface area contributed by atoms with E-state index in [0.29, 0.717) is 6.04 Å². The van der Waals surface area contributed by atoms with Crippen molar-refractivity contribution in [1.82, 2.24) is 5.32 Å². The smallest absolute Gasteiger partial charge is 0.312 e. The van der Waals surface area contributed by atoms with E-state index in [1.165, 1.54) is 83.5 Å². The molecule has 0 aliphatic heterocycles. The minimum absolute atomic E-state index is 0.301. The van der Waals surface area contributed by atoms with Crippen LogP contribution in [0.15, 0.2) is 0 Å². The minimum Gasteiger partial charge on any atom is -0.352 e. The Hall–Kier alpha value is -0.730. The minimum atomic E-state index is -0.350. The fourth-order valence-corrected chi connectivity index (χ4v) is 3.75. The van der Waals surface area contributed by atoms with E-state index in [0.717, 1.165) is 18.8 Å². The van der Waals surface area contributed by atoms with Gasteiger partial charge in [0.25, 0.3) is 0 Å². The quantitative estimate of drug-likeness (QED) is 0.458. The number of nitrogens with one attached hydrogen (secondary N) is 1. The molecule has 0 aromatic heterocycles. The predicted molar refractivity (Wildman–Crippen MR) is 94.9 cm³/mol. The zero-order chi connectivity index (χ0) is 16.0. The molecule has 1 aliphatic carbocycles.